The molecule has 1 aliphatic carbocycles. The zero-order valence-corrected chi connectivity index (χ0v) is 33.7. The van der Waals surface area contributed by atoms with Gasteiger partial charge < -0.3 is 5.32 Å². The van der Waals surface area contributed by atoms with Crippen LogP contribution in [0, 0.1) is 17.3 Å². The lowest BCUT2D eigenvalue weighted by Crippen LogP contribution is -2.23. The van der Waals surface area contributed by atoms with Gasteiger partial charge in [0.25, 0.3) is 0 Å². The van der Waals surface area contributed by atoms with E-state index in [0.717, 1.165) is 17.3 Å². The fraction of sp³-hybridized carbons (Fsp3) is 0.870. The molecule has 0 saturated heterocycles. The molecule has 0 spiro atoms. The maximum Gasteiger partial charge on any atom is -0.00235 e. The fourth-order valence-electron chi connectivity index (χ4n) is 8.11. The van der Waals surface area contributed by atoms with Gasteiger partial charge in [-0.25, -0.2) is 0 Å². The van der Waals surface area contributed by atoms with Crippen LogP contribution in [0.3, 0.4) is 0 Å². The van der Waals surface area contributed by atoms with Gasteiger partial charge in [0.05, 0.1) is 0 Å². The molecule has 1 rings (SSSR count). The second kappa shape index (κ2) is 38.0. The molecule has 0 heterocycles. The van der Waals surface area contributed by atoms with E-state index < -0.39 is 0 Å². The third-order valence-corrected chi connectivity index (χ3v) is 11.0. The third kappa shape index (κ3) is 30.9. The molecule has 0 aromatic carbocycles. The van der Waals surface area contributed by atoms with E-state index in [9.17, 15) is 0 Å². The molecule has 0 aromatic heterocycles. The second-order valence-corrected chi connectivity index (χ2v) is 15.4. The Labute approximate surface area is 300 Å². The lowest BCUT2D eigenvalue weighted by atomic mass is 9.68. The molecule has 0 bridgehead atoms. The van der Waals surface area contributed by atoms with Crippen molar-refractivity contribution in [3.05, 3.63) is 38.0 Å². The summed E-state index contributed by atoms with van der Waals surface area (Å²) in [5.74, 6) is 1.88. The Morgan fingerprint density at radius 2 is 1.11 bits per heavy atom. The molecular weight excluding hydrogens is 567 g/mol. The van der Waals surface area contributed by atoms with Crippen molar-refractivity contribution in [3.8, 4) is 0 Å². The molecule has 1 fully saturated rings. The van der Waals surface area contributed by atoms with Crippen molar-refractivity contribution in [2.75, 3.05) is 13.6 Å². The van der Waals surface area contributed by atoms with Gasteiger partial charge in [0.15, 0.2) is 0 Å². The molecule has 1 aliphatic rings. The lowest BCUT2D eigenvalue weighted by molar-refractivity contribution is 0.152. The van der Waals surface area contributed by atoms with Crippen LogP contribution in [0.25, 0.3) is 0 Å². The monoisotopic (exact) mass is 658 g/mol. The lowest BCUT2D eigenvalue weighted by Gasteiger charge is -2.37. The maximum absolute atomic E-state index is 4.40. The van der Waals surface area contributed by atoms with E-state index in [1.807, 2.05) is 0 Å². The van der Waals surface area contributed by atoms with E-state index in [-0.39, 0.29) is 0 Å². The highest BCUT2D eigenvalue weighted by atomic mass is 14.8. The van der Waals surface area contributed by atoms with Crippen molar-refractivity contribution in [3.63, 3.8) is 0 Å². The molecule has 1 atom stereocenters. The highest BCUT2D eigenvalue weighted by Crippen LogP contribution is 2.44. The van der Waals surface area contributed by atoms with Gasteiger partial charge >= 0.3 is 0 Å². The van der Waals surface area contributed by atoms with Crippen LogP contribution in [-0.4, -0.2) is 13.6 Å². The second-order valence-electron chi connectivity index (χ2n) is 15.4. The van der Waals surface area contributed by atoms with Crippen LogP contribution in [-0.2, 0) is 0 Å². The van der Waals surface area contributed by atoms with Crippen molar-refractivity contribution in [1.29, 1.82) is 0 Å². The molecule has 1 N–H and O–H groups in total. The summed E-state index contributed by atoms with van der Waals surface area (Å²) in [5, 5.41) is 3.39. The van der Waals surface area contributed by atoms with E-state index in [2.05, 4.69) is 72.5 Å². The predicted octanol–water partition coefficient (Wildman–Crippen LogP) is 16.1. The Balaban J connectivity index is 0. The molecule has 1 saturated carbocycles. The quantitative estimate of drug-likeness (QED) is 0.0578. The molecule has 0 aromatic rings. The van der Waals surface area contributed by atoms with Gasteiger partial charge in [-0.2, -0.15) is 0 Å². The summed E-state index contributed by atoms with van der Waals surface area (Å²) in [4.78, 5) is 0. The summed E-state index contributed by atoms with van der Waals surface area (Å²) in [7, 11) is 2.10. The fourth-order valence-corrected chi connectivity index (χ4v) is 8.11. The topological polar surface area (TPSA) is 12.0 Å². The normalized spacial score (nSPS) is 14.5. The van der Waals surface area contributed by atoms with E-state index in [4.69, 9.17) is 0 Å². The van der Waals surface area contributed by atoms with Gasteiger partial charge in [0.1, 0.15) is 0 Å². The molecule has 0 aliphatic heterocycles. The summed E-state index contributed by atoms with van der Waals surface area (Å²) in [6.07, 6.45) is 45.7. The van der Waals surface area contributed by atoms with Crippen LogP contribution in [0.4, 0.5) is 0 Å². The van der Waals surface area contributed by atoms with Crippen molar-refractivity contribution in [1.82, 2.24) is 5.32 Å². The Morgan fingerprint density at radius 3 is 1.68 bits per heavy atom. The molecule has 1 heteroatoms. The predicted molar refractivity (Wildman–Crippen MR) is 220 cm³/mol. The Kier molecular flexibility index (Phi) is 39.0. The van der Waals surface area contributed by atoms with Crippen molar-refractivity contribution in [2.45, 2.75) is 227 Å². The number of nitrogens with one attached hydrogen (secondary N) is 1. The minimum Gasteiger partial charge on any atom is -0.319 e. The molecular formula is C46H91N. The van der Waals surface area contributed by atoms with Gasteiger partial charge in [-0.05, 0) is 108 Å². The molecule has 0 radical (unpaired) electrons. The highest BCUT2D eigenvalue weighted by Gasteiger charge is 2.30. The number of rotatable bonds is 31. The molecule has 280 valence electrons. The van der Waals surface area contributed by atoms with Gasteiger partial charge in [0.2, 0.25) is 0 Å². The van der Waals surface area contributed by atoms with E-state index in [1.54, 1.807) is 0 Å². The highest BCUT2D eigenvalue weighted by molar-refractivity contribution is 4.93. The summed E-state index contributed by atoms with van der Waals surface area (Å²) < 4.78 is 0. The van der Waals surface area contributed by atoms with E-state index >= 15 is 0 Å². The van der Waals surface area contributed by atoms with Gasteiger partial charge in [0, 0.05) is 0 Å². The SMILES string of the molecule is C=C.C=C(CCCCCCCC(CCCC)CNC)CCCC(CCCCC)CCCCC.C=CCCCC1(CCC)CCCCC1. The standard InChI is InChI=1S/C30H61N.C14H26.C2H4/c1-6-9-15-23-29(24-16-10-7-2)26-19-21-28(4)20-17-13-12-14-18-25-30(27-31-5)22-11-8-3;1-3-5-7-11-14(10-4-2)12-8-6-9-13-14;1-2/h29-31H,4,6-27H2,1-3,5H3;3H,1,4-13H2,2H3;1-2H2. The van der Waals surface area contributed by atoms with Crippen molar-refractivity contribution >= 4 is 0 Å². The Morgan fingerprint density at radius 1 is 0.596 bits per heavy atom. The van der Waals surface area contributed by atoms with Gasteiger partial charge in [-0.15, -0.1) is 19.7 Å². The average Bonchev–Trinajstić information content (AvgIpc) is 3.08. The summed E-state index contributed by atoms with van der Waals surface area (Å²) in [6, 6.07) is 0. The first-order chi connectivity index (χ1) is 23.0. The van der Waals surface area contributed by atoms with Crippen molar-refractivity contribution < 1.29 is 0 Å². The summed E-state index contributed by atoms with van der Waals surface area (Å²) >= 11 is 0. The largest absolute Gasteiger partial charge is 0.319 e. The smallest absolute Gasteiger partial charge is 0.00235 e. The van der Waals surface area contributed by atoms with Crippen LogP contribution in [0.2, 0.25) is 0 Å². The third-order valence-electron chi connectivity index (χ3n) is 11.0. The van der Waals surface area contributed by atoms with Crippen LogP contribution in [0.5, 0.6) is 0 Å². The number of allylic oxidation sites excluding steroid dienone is 2. The van der Waals surface area contributed by atoms with Crippen molar-refractivity contribution in [2.24, 2.45) is 17.3 Å². The molecule has 47 heavy (non-hydrogen) atoms. The number of unbranched alkanes of at least 4 members (excludes halogenated alkanes) is 10. The van der Waals surface area contributed by atoms with Crippen LogP contribution in [0.1, 0.15) is 227 Å². The molecule has 1 unspecified atom stereocenters. The molecule has 0 amide bonds. The number of hydrogen-bond donors (Lipinski definition) is 1. The zero-order chi connectivity index (χ0) is 35.3. The molecule has 1 nitrogen and oxygen atoms in total. The minimum atomic E-state index is 0.732. The summed E-state index contributed by atoms with van der Waals surface area (Å²) in [5.41, 5.74) is 2.25. The zero-order valence-electron chi connectivity index (χ0n) is 33.7. The average molecular weight is 658 g/mol. The Bertz CT molecular complexity index is 613. The first kappa shape index (κ1) is 48.3. The van der Waals surface area contributed by atoms with E-state index in [0.29, 0.717) is 0 Å². The number of hydrogen-bond acceptors (Lipinski definition) is 1. The maximum atomic E-state index is 4.40. The van der Waals surface area contributed by atoms with Crippen LogP contribution >= 0.6 is 0 Å². The van der Waals surface area contributed by atoms with Crippen LogP contribution in [0.15, 0.2) is 38.0 Å². The first-order valence-electron chi connectivity index (χ1n) is 21.4. The summed E-state index contributed by atoms with van der Waals surface area (Å²) in [6.45, 7) is 24.7. The van der Waals surface area contributed by atoms with E-state index in [1.165, 1.54) is 211 Å². The first-order valence-corrected chi connectivity index (χ1v) is 21.4. The van der Waals surface area contributed by atoms with Crippen LogP contribution < -0.4 is 5.32 Å². The Hall–Kier alpha value is -0.820. The van der Waals surface area contributed by atoms with Gasteiger partial charge in [-0.1, -0.05) is 168 Å². The minimum absolute atomic E-state index is 0.732. The van der Waals surface area contributed by atoms with Gasteiger partial charge in [-0.3, -0.25) is 0 Å².